The van der Waals surface area contributed by atoms with Gasteiger partial charge in [-0.15, -0.1) is 0 Å². The summed E-state index contributed by atoms with van der Waals surface area (Å²) in [5, 5.41) is 0. The van der Waals surface area contributed by atoms with Crippen LogP contribution < -0.4 is 9.64 Å². The summed E-state index contributed by atoms with van der Waals surface area (Å²) in [6.07, 6.45) is 3.74. The van der Waals surface area contributed by atoms with Gasteiger partial charge in [-0.3, -0.25) is 4.79 Å². The molecule has 4 nitrogen and oxygen atoms in total. The summed E-state index contributed by atoms with van der Waals surface area (Å²) in [5.41, 5.74) is 4.96. The summed E-state index contributed by atoms with van der Waals surface area (Å²) >= 11 is 0. The van der Waals surface area contributed by atoms with Crippen molar-refractivity contribution < 1.29 is 9.53 Å². The van der Waals surface area contributed by atoms with Crippen LogP contribution in [0.5, 0.6) is 5.88 Å². The lowest BCUT2D eigenvalue weighted by molar-refractivity contribution is 0.112. The Morgan fingerprint density at radius 3 is 2.67 bits per heavy atom. The normalized spacial score (nSPS) is 16.3. The van der Waals surface area contributed by atoms with Gasteiger partial charge in [-0.25, -0.2) is 4.98 Å². The van der Waals surface area contributed by atoms with Crippen molar-refractivity contribution in [2.24, 2.45) is 0 Å². The Morgan fingerprint density at radius 2 is 1.93 bits per heavy atom. The molecule has 27 heavy (non-hydrogen) atoms. The van der Waals surface area contributed by atoms with E-state index in [-0.39, 0.29) is 6.10 Å². The highest BCUT2D eigenvalue weighted by atomic mass is 16.5. The molecule has 0 N–H and O–H groups in total. The van der Waals surface area contributed by atoms with Gasteiger partial charge in [0.1, 0.15) is 6.10 Å². The predicted molar refractivity (Wildman–Crippen MR) is 107 cm³/mol. The van der Waals surface area contributed by atoms with Crippen LogP contribution in [0.25, 0.3) is 11.1 Å². The number of hydrogen-bond acceptors (Lipinski definition) is 4. The zero-order chi connectivity index (χ0) is 18.6. The minimum atomic E-state index is 0.0773. The lowest BCUT2D eigenvalue weighted by Gasteiger charge is -2.21. The van der Waals surface area contributed by atoms with Gasteiger partial charge in [0.15, 0.2) is 6.29 Å². The molecular weight excluding hydrogens is 336 g/mol. The van der Waals surface area contributed by atoms with Crippen LogP contribution in [0.3, 0.4) is 0 Å². The SMILES string of the molecule is Cc1ccc(O[C@H]2CCN(c3ccc(-c4ccccc4)cc3C=O)C2)nc1. The molecular formula is C23H22N2O2. The fourth-order valence-electron chi connectivity index (χ4n) is 3.48. The first kappa shape index (κ1) is 17.3. The number of hydrogen-bond donors (Lipinski definition) is 0. The lowest BCUT2D eigenvalue weighted by atomic mass is 10.0. The van der Waals surface area contributed by atoms with Crippen LogP contribution in [-0.4, -0.2) is 30.5 Å². The summed E-state index contributed by atoms with van der Waals surface area (Å²) in [5.74, 6) is 0.655. The zero-order valence-electron chi connectivity index (χ0n) is 15.3. The summed E-state index contributed by atoms with van der Waals surface area (Å²) < 4.78 is 6.01. The van der Waals surface area contributed by atoms with Gasteiger partial charge in [0.05, 0.1) is 6.54 Å². The van der Waals surface area contributed by atoms with E-state index in [0.29, 0.717) is 11.4 Å². The average Bonchev–Trinajstić information content (AvgIpc) is 3.18. The number of aryl methyl sites for hydroxylation is 1. The third-order valence-corrected chi connectivity index (χ3v) is 4.92. The summed E-state index contributed by atoms with van der Waals surface area (Å²) in [7, 11) is 0. The second-order valence-corrected chi connectivity index (χ2v) is 6.91. The molecule has 3 aromatic rings. The summed E-state index contributed by atoms with van der Waals surface area (Å²) in [6.45, 7) is 3.62. The maximum Gasteiger partial charge on any atom is 0.213 e. The van der Waals surface area contributed by atoms with Crippen LogP contribution in [0.15, 0.2) is 66.9 Å². The molecule has 4 rings (SSSR count). The molecule has 0 amide bonds. The van der Waals surface area contributed by atoms with E-state index in [1.807, 2.05) is 55.6 Å². The Balaban J connectivity index is 1.50. The monoisotopic (exact) mass is 358 g/mol. The number of aldehydes is 1. The first-order chi connectivity index (χ1) is 13.2. The quantitative estimate of drug-likeness (QED) is 0.629. The highest BCUT2D eigenvalue weighted by Crippen LogP contribution is 2.29. The number of benzene rings is 2. The third-order valence-electron chi connectivity index (χ3n) is 4.92. The van der Waals surface area contributed by atoms with Crippen molar-refractivity contribution in [3.8, 4) is 17.0 Å². The molecule has 1 aliphatic rings. The topological polar surface area (TPSA) is 42.4 Å². The number of carbonyl (C=O) groups is 1. The average molecular weight is 358 g/mol. The Hall–Kier alpha value is -3.14. The van der Waals surface area contributed by atoms with Crippen LogP contribution in [0.1, 0.15) is 22.3 Å². The van der Waals surface area contributed by atoms with E-state index in [1.165, 1.54) is 0 Å². The number of nitrogens with zero attached hydrogens (tertiary/aromatic N) is 2. The molecule has 0 aliphatic carbocycles. The predicted octanol–water partition coefficient (Wildman–Crippen LogP) is 4.53. The molecule has 1 atom stereocenters. The third kappa shape index (κ3) is 3.85. The van der Waals surface area contributed by atoms with Gasteiger partial charge in [-0.05, 0) is 35.7 Å². The van der Waals surface area contributed by atoms with Gasteiger partial charge in [0.25, 0.3) is 0 Å². The number of ether oxygens (including phenoxy) is 1. The van der Waals surface area contributed by atoms with E-state index in [9.17, 15) is 4.79 Å². The molecule has 1 aliphatic heterocycles. The van der Waals surface area contributed by atoms with Gasteiger partial charge < -0.3 is 9.64 Å². The van der Waals surface area contributed by atoms with Crippen LogP contribution in [0.2, 0.25) is 0 Å². The highest BCUT2D eigenvalue weighted by Gasteiger charge is 2.26. The fraction of sp³-hybridized carbons (Fsp3) is 0.217. The molecule has 1 aromatic heterocycles. The maximum atomic E-state index is 11.7. The van der Waals surface area contributed by atoms with Crippen molar-refractivity contribution in [3.63, 3.8) is 0 Å². The van der Waals surface area contributed by atoms with Crippen molar-refractivity contribution in [1.82, 2.24) is 4.98 Å². The molecule has 136 valence electrons. The molecule has 4 heteroatoms. The fourth-order valence-corrected chi connectivity index (χ4v) is 3.48. The molecule has 1 fully saturated rings. The molecule has 0 saturated carbocycles. The van der Waals surface area contributed by atoms with Gasteiger partial charge in [0, 0.05) is 36.5 Å². The minimum Gasteiger partial charge on any atom is -0.472 e. The van der Waals surface area contributed by atoms with E-state index >= 15 is 0 Å². The molecule has 2 heterocycles. The molecule has 1 saturated heterocycles. The highest BCUT2D eigenvalue weighted by molar-refractivity contribution is 5.87. The molecule has 0 bridgehead atoms. The molecule has 2 aromatic carbocycles. The Bertz CT molecular complexity index is 923. The van der Waals surface area contributed by atoms with E-state index in [1.54, 1.807) is 0 Å². The van der Waals surface area contributed by atoms with Crippen LogP contribution >= 0.6 is 0 Å². The van der Waals surface area contributed by atoms with E-state index in [4.69, 9.17) is 4.74 Å². The van der Waals surface area contributed by atoms with E-state index in [0.717, 1.165) is 48.2 Å². The zero-order valence-corrected chi connectivity index (χ0v) is 15.3. The molecule has 0 radical (unpaired) electrons. The van der Waals surface area contributed by atoms with Crippen LogP contribution in [-0.2, 0) is 0 Å². The number of carbonyl (C=O) groups excluding carboxylic acids is 1. The number of aromatic nitrogens is 1. The number of anilines is 1. The van der Waals surface area contributed by atoms with Crippen molar-refractivity contribution in [3.05, 3.63) is 78.0 Å². The van der Waals surface area contributed by atoms with Gasteiger partial charge in [-0.2, -0.15) is 0 Å². The van der Waals surface area contributed by atoms with Crippen molar-refractivity contribution in [2.75, 3.05) is 18.0 Å². The van der Waals surface area contributed by atoms with Gasteiger partial charge >= 0.3 is 0 Å². The van der Waals surface area contributed by atoms with Gasteiger partial charge in [0.2, 0.25) is 5.88 Å². The Kier molecular flexibility index (Phi) is 4.88. The minimum absolute atomic E-state index is 0.0773. The maximum absolute atomic E-state index is 11.7. The smallest absolute Gasteiger partial charge is 0.213 e. The Morgan fingerprint density at radius 1 is 1.07 bits per heavy atom. The van der Waals surface area contributed by atoms with E-state index in [2.05, 4.69) is 28.1 Å². The molecule has 0 spiro atoms. The van der Waals surface area contributed by atoms with Crippen molar-refractivity contribution in [2.45, 2.75) is 19.4 Å². The van der Waals surface area contributed by atoms with Gasteiger partial charge in [-0.1, -0.05) is 42.5 Å². The summed E-state index contributed by atoms with van der Waals surface area (Å²) in [4.78, 5) is 18.2. The first-order valence-electron chi connectivity index (χ1n) is 9.22. The van der Waals surface area contributed by atoms with Crippen LogP contribution in [0, 0.1) is 6.92 Å². The Labute approximate surface area is 159 Å². The van der Waals surface area contributed by atoms with Crippen LogP contribution in [0.4, 0.5) is 5.69 Å². The number of pyridine rings is 1. The molecule has 0 unspecified atom stereocenters. The summed E-state index contributed by atoms with van der Waals surface area (Å²) in [6, 6.07) is 20.1. The number of rotatable bonds is 5. The lowest BCUT2D eigenvalue weighted by Crippen LogP contribution is -2.25. The second kappa shape index (κ2) is 7.62. The first-order valence-corrected chi connectivity index (χ1v) is 9.22. The largest absolute Gasteiger partial charge is 0.472 e. The van der Waals surface area contributed by atoms with E-state index < -0.39 is 0 Å². The van der Waals surface area contributed by atoms with Crippen molar-refractivity contribution in [1.29, 1.82) is 0 Å². The standard InChI is InChI=1S/C23H22N2O2/c1-17-7-10-23(24-14-17)27-21-11-12-25(15-21)22-9-8-19(13-20(22)16-26)18-5-3-2-4-6-18/h2-10,13-14,16,21H,11-12,15H2,1H3/t21-/m0/s1. The second-order valence-electron chi connectivity index (χ2n) is 6.91. The van der Waals surface area contributed by atoms with Crippen molar-refractivity contribution >= 4 is 12.0 Å².